The van der Waals surface area contributed by atoms with E-state index in [4.69, 9.17) is 4.98 Å². The Morgan fingerprint density at radius 3 is 2.68 bits per heavy atom. The summed E-state index contributed by atoms with van der Waals surface area (Å²) in [4.78, 5) is 7.09. The van der Waals surface area contributed by atoms with Crippen LogP contribution in [0.2, 0.25) is 0 Å². The van der Waals surface area contributed by atoms with Crippen molar-refractivity contribution in [2.75, 3.05) is 18.5 Å². The third-order valence-electron chi connectivity index (χ3n) is 4.14. The van der Waals surface area contributed by atoms with Gasteiger partial charge >= 0.3 is 0 Å². The highest BCUT2D eigenvalue weighted by Gasteiger charge is 2.20. The number of aromatic nitrogens is 1. The molecular weight excluding hydrogens is 234 g/mol. The van der Waals surface area contributed by atoms with E-state index in [-0.39, 0.29) is 0 Å². The molecule has 0 atom stereocenters. The Morgan fingerprint density at radius 1 is 1.32 bits per heavy atom. The van der Waals surface area contributed by atoms with E-state index in [1.807, 2.05) is 6.20 Å². The van der Waals surface area contributed by atoms with Crippen molar-refractivity contribution in [3.63, 3.8) is 0 Å². The van der Waals surface area contributed by atoms with Crippen LogP contribution in [0.1, 0.15) is 50.2 Å². The number of anilines is 1. The smallest absolute Gasteiger partial charge is 0.131 e. The van der Waals surface area contributed by atoms with Crippen molar-refractivity contribution < 1.29 is 0 Å². The molecular formula is C16H27N3. The zero-order valence-electron chi connectivity index (χ0n) is 12.6. The lowest BCUT2D eigenvalue weighted by atomic mass is 9.94. The standard InChI is InChI=1S/C16H27N3/c1-4-17-11-14-10-13(2)16(18-12-14)19(3)15-8-6-5-7-9-15/h10,12,15,17H,4-9,11H2,1-3H3. The van der Waals surface area contributed by atoms with Crippen LogP contribution in [-0.4, -0.2) is 24.6 Å². The largest absolute Gasteiger partial charge is 0.356 e. The lowest BCUT2D eigenvalue weighted by molar-refractivity contribution is 0.425. The first-order valence-electron chi connectivity index (χ1n) is 7.61. The fourth-order valence-electron chi connectivity index (χ4n) is 3.00. The molecule has 0 saturated heterocycles. The van der Waals surface area contributed by atoms with E-state index in [9.17, 15) is 0 Å². The average Bonchev–Trinajstić information content (AvgIpc) is 2.45. The highest BCUT2D eigenvalue weighted by atomic mass is 15.2. The first-order chi connectivity index (χ1) is 9.22. The Labute approximate surface area is 117 Å². The fraction of sp³-hybridized carbons (Fsp3) is 0.688. The molecule has 0 radical (unpaired) electrons. The lowest BCUT2D eigenvalue weighted by Gasteiger charge is -2.33. The van der Waals surface area contributed by atoms with E-state index in [0.29, 0.717) is 6.04 Å². The van der Waals surface area contributed by atoms with Crippen molar-refractivity contribution in [3.8, 4) is 0 Å². The second kappa shape index (κ2) is 6.90. The number of hydrogen-bond donors (Lipinski definition) is 1. The van der Waals surface area contributed by atoms with Gasteiger partial charge in [0.2, 0.25) is 0 Å². The van der Waals surface area contributed by atoms with Gasteiger partial charge in [-0.25, -0.2) is 4.98 Å². The van der Waals surface area contributed by atoms with Gasteiger partial charge in [0.1, 0.15) is 5.82 Å². The molecule has 0 spiro atoms. The summed E-state index contributed by atoms with van der Waals surface area (Å²) in [7, 11) is 2.20. The van der Waals surface area contributed by atoms with Crippen LogP contribution >= 0.6 is 0 Å². The zero-order valence-corrected chi connectivity index (χ0v) is 12.6. The monoisotopic (exact) mass is 261 g/mol. The van der Waals surface area contributed by atoms with Gasteiger partial charge in [0.25, 0.3) is 0 Å². The summed E-state index contributed by atoms with van der Waals surface area (Å²) >= 11 is 0. The van der Waals surface area contributed by atoms with Crippen molar-refractivity contribution in [2.24, 2.45) is 0 Å². The lowest BCUT2D eigenvalue weighted by Crippen LogP contribution is -2.34. The number of aryl methyl sites for hydroxylation is 1. The van der Waals surface area contributed by atoms with E-state index in [1.165, 1.54) is 43.2 Å². The summed E-state index contributed by atoms with van der Waals surface area (Å²) in [6.07, 6.45) is 8.79. The van der Waals surface area contributed by atoms with Crippen LogP contribution in [0.15, 0.2) is 12.3 Å². The molecule has 1 fully saturated rings. The number of hydrogen-bond acceptors (Lipinski definition) is 3. The number of nitrogens with zero attached hydrogens (tertiary/aromatic N) is 2. The number of rotatable bonds is 5. The summed E-state index contributed by atoms with van der Waals surface area (Å²) < 4.78 is 0. The zero-order chi connectivity index (χ0) is 13.7. The second-order valence-corrected chi connectivity index (χ2v) is 5.67. The van der Waals surface area contributed by atoms with Crippen molar-refractivity contribution in [3.05, 3.63) is 23.4 Å². The SMILES string of the molecule is CCNCc1cnc(N(C)C2CCCCC2)c(C)c1. The van der Waals surface area contributed by atoms with Gasteiger partial charge in [0, 0.05) is 25.8 Å². The molecule has 0 amide bonds. The molecule has 3 nitrogen and oxygen atoms in total. The molecule has 0 unspecified atom stereocenters. The number of pyridine rings is 1. The molecule has 0 aliphatic heterocycles. The predicted molar refractivity (Wildman–Crippen MR) is 81.6 cm³/mol. The minimum absolute atomic E-state index is 0.680. The van der Waals surface area contributed by atoms with E-state index < -0.39 is 0 Å². The van der Waals surface area contributed by atoms with E-state index in [0.717, 1.165) is 18.9 Å². The summed E-state index contributed by atoms with van der Waals surface area (Å²) in [6.45, 7) is 6.23. The van der Waals surface area contributed by atoms with Gasteiger partial charge in [0.05, 0.1) is 0 Å². The molecule has 1 aliphatic carbocycles. The molecule has 0 aromatic carbocycles. The third-order valence-corrected chi connectivity index (χ3v) is 4.14. The summed E-state index contributed by atoms with van der Waals surface area (Å²) in [6, 6.07) is 2.95. The second-order valence-electron chi connectivity index (χ2n) is 5.67. The minimum atomic E-state index is 0.680. The highest BCUT2D eigenvalue weighted by molar-refractivity contribution is 5.47. The van der Waals surface area contributed by atoms with Gasteiger partial charge in [-0.15, -0.1) is 0 Å². The van der Waals surface area contributed by atoms with Crippen LogP contribution in [0.5, 0.6) is 0 Å². The van der Waals surface area contributed by atoms with Gasteiger partial charge in [-0.05, 0) is 43.5 Å². The van der Waals surface area contributed by atoms with E-state index in [2.05, 4.69) is 37.2 Å². The van der Waals surface area contributed by atoms with Crippen LogP contribution in [0.4, 0.5) is 5.82 Å². The maximum Gasteiger partial charge on any atom is 0.131 e. The summed E-state index contributed by atoms with van der Waals surface area (Å²) in [5.74, 6) is 1.16. The molecule has 1 N–H and O–H groups in total. The first kappa shape index (κ1) is 14.3. The van der Waals surface area contributed by atoms with Crippen molar-refractivity contribution in [1.29, 1.82) is 0 Å². The van der Waals surface area contributed by atoms with Crippen LogP contribution in [0, 0.1) is 6.92 Å². The van der Waals surface area contributed by atoms with Crippen LogP contribution < -0.4 is 10.2 Å². The van der Waals surface area contributed by atoms with Gasteiger partial charge in [-0.1, -0.05) is 26.2 Å². The Morgan fingerprint density at radius 2 is 2.05 bits per heavy atom. The first-order valence-corrected chi connectivity index (χ1v) is 7.61. The Balaban J connectivity index is 2.06. The van der Waals surface area contributed by atoms with Gasteiger partial charge in [-0.3, -0.25) is 0 Å². The Bertz CT molecular complexity index is 397. The maximum absolute atomic E-state index is 4.69. The molecule has 1 saturated carbocycles. The molecule has 3 heteroatoms. The van der Waals surface area contributed by atoms with Gasteiger partial charge in [0.15, 0.2) is 0 Å². The molecule has 1 aromatic heterocycles. The topological polar surface area (TPSA) is 28.2 Å². The predicted octanol–water partition coefficient (Wildman–Crippen LogP) is 3.27. The van der Waals surface area contributed by atoms with Crippen LogP contribution in [0.3, 0.4) is 0 Å². The number of nitrogens with one attached hydrogen (secondary N) is 1. The van der Waals surface area contributed by atoms with E-state index in [1.54, 1.807) is 0 Å². The molecule has 1 aliphatic rings. The van der Waals surface area contributed by atoms with Crippen molar-refractivity contribution in [2.45, 2.75) is 58.5 Å². The molecule has 1 aromatic rings. The molecule has 106 valence electrons. The molecule has 19 heavy (non-hydrogen) atoms. The van der Waals surface area contributed by atoms with Crippen molar-refractivity contribution >= 4 is 5.82 Å². The highest BCUT2D eigenvalue weighted by Crippen LogP contribution is 2.27. The summed E-state index contributed by atoms with van der Waals surface area (Å²) in [5.41, 5.74) is 2.57. The van der Waals surface area contributed by atoms with Crippen LogP contribution in [-0.2, 0) is 6.54 Å². The van der Waals surface area contributed by atoms with E-state index >= 15 is 0 Å². The Hall–Kier alpha value is -1.09. The normalized spacial score (nSPS) is 16.6. The fourth-order valence-corrected chi connectivity index (χ4v) is 3.00. The van der Waals surface area contributed by atoms with Crippen molar-refractivity contribution in [1.82, 2.24) is 10.3 Å². The average molecular weight is 261 g/mol. The van der Waals surface area contributed by atoms with Gasteiger partial charge in [-0.2, -0.15) is 0 Å². The summed E-state index contributed by atoms with van der Waals surface area (Å²) in [5, 5.41) is 3.35. The quantitative estimate of drug-likeness (QED) is 0.881. The van der Waals surface area contributed by atoms with Gasteiger partial charge < -0.3 is 10.2 Å². The minimum Gasteiger partial charge on any atom is -0.356 e. The third kappa shape index (κ3) is 3.69. The molecule has 1 heterocycles. The molecule has 2 rings (SSSR count). The maximum atomic E-state index is 4.69. The van der Waals surface area contributed by atoms with Crippen LogP contribution in [0.25, 0.3) is 0 Å². The molecule has 0 bridgehead atoms. The Kier molecular flexibility index (Phi) is 5.20.